The first-order valence-electron chi connectivity index (χ1n) is 9.17. The van der Waals surface area contributed by atoms with Crippen molar-refractivity contribution in [3.05, 3.63) is 48.0 Å². The molecule has 3 heterocycles. The number of likely N-dealkylation sites (tertiary alicyclic amines) is 1. The van der Waals surface area contributed by atoms with Crippen molar-refractivity contribution < 1.29 is 4.79 Å². The summed E-state index contributed by atoms with van der Waals surface area (Å²) in [7, 11) is 0. The highest BCUT2D eigenvalue weighted by Crippen LogP contribution is 2.33. The Morgan fingerprint density at radius 1 is 1.12 bits per heavy atom. The molecule has 4 rings (SSSR count). The van der Waals surface area contributed by atoms with Crippen molar-refractivity contribution in [1.82, 2.24) is 14.9 Å². The number of nitrogens with zero attached hydrogens (tertiary/aromatic N) is 4. The van der Waals surface area contributed by atoms with E-state index in [0.29, 0.717) is 0 Å². The van der Waals surface area contributed by atoms with E-state index in [1.165, 1.54) is 11.3 Å². The van der Waals surface area contributed by atoms with Gasteiger partial charge in [-0.2, -0.15) is 0 Å². The van der Waals surface area contributed by atoms with Gasteiger partial charge in [-0.3, -0.25) is 4.79 Å². The van der Waals surface area contributed by atoms with Crippen molar-refractivity contribution in [3.63, 3.8) is 0 Å². The van der Waals surface area contributed by atoms with Crippen LogP contribution in [0.5, 0.6) is 0 Å². The number of aromatic nitrogens is 2. The molecule has 1 aromatic heterocycles. The predicted octanol–water partition coefficient (Wildman–Crippen LogP) is 3.43. The highest BCUT2D eigenvalue weighted by Gasteiger charge is 2.24. The van der Waals surface area contributed by atoms with Crippen molar-refractivity contribution in [1.29, 1.82) is 0 Å². The molecule has 5 nitrogen and oxygen atoms in total. The van der Waals surface area contributed by atoms with Crippen molar-refractivity contribution in [2.45, 2.75) is 32.6 Å². The second kappa shape index (κ2) is 6.82. The van der Waals surface area contributed by atoms with Crippen LogP contribution in [0.1, 0.15) is 42.1 Å². The molecule has 2 aliphatic rings. The first-order valence-corrected chi connectivity index (χ1v) is 9.17. The van der Waals surface area contributed by atoms with Crippen molar-refractivity contribution in [2.75, 3.05) is 24.5 Å². The zero-order valence-electron chi connectivity index (χ0n) is 14.7. The number of aryl methyl sites for hydroxylation is 1. The number of carbonyl (C=O) groups is 1. The first kappa shape index (κ1) is 16.1. The summed E-state index contributed by atoms with van der Waals surface area (Å²) < 4.78 is 0. The molecule has 5 heteroatoms. The average molecular weight is 336 g/mol. The lowest BCUT2D eigenvalue weighted by Crippen LogP contribution is -2.38. The minimum atomic E-state index is 0.176. The third kappa shape index (κ3) is 3.23. The third-order valence-corrected chi connectivity index (χ3v) is 5.37. The molecule has 0 N–H and O–H groups in total. The summed E-state index contributed by atoms with van der Waals surface area (Å²) in [6.07, 6.45) is 9.54. The molecule has 1 fully saturated rings. The van der Waals surface area contributed by atoms with Gasteiger partial charge in [0, 0.05) is 30.9 Å². The topological polar surface area (TPSA) is 49.3 Å². The molecule has 0 aliphatic carbocycles. The maximum absolute atomic E-state index is 12.8. The molecule has 0 atom stereocenters. The highest BCUT2D eigenvalue weighted by atomic mass is 16.2. The minimum Gasteiger partial charge on any atom is -0.339 e. The summed E-state index contributed by atoms with van der Waals surface area (Å²) >= 11 is 0. The molecule has 2 aromatic rings. The second-order valence-corrected chi connectivity index (χ2v) is 7.17. The number of carbonyl (C=O) groups excluding carboxylic acids is 1. The molecule has 0 bridgehead atoms. The van der Waals surface area contributed by atoms with Gasteiger partial charge in [0.15, 0.2) is 0 Å². The number of rotatable bonds is 2. The zero-order valence-corrected chi connectivity index (χ0v) is 14.7. The molecule has 1 aromatic carbocycles. The van der Waals surface area contributed by atoms with E-state index in [-0.39, 0.29) is 5.91 Å². The molecular weight excluding hydrogens is 312 g/mol. The summed E-state index contributed by atoms with van der Waals surface area (Å²) in [6, 6.07) is 6.15. The van der Waals surface area contributed by atoms with E-state index in [1.54, 1.807) is 6.33 Å². The fourth-order valence-corrected chi connectivity index (χ4v) is 3.82. The molecule has 2 aliphatic heterocycles. The van der Waals surface area contributed by atoms with Gasteiger partial charge in [0.2, 0.25) is 0 Å². The molecule has 0 spiro atoms. The third-order valence-electron chi connectivity index (χ3n) is 5.37. The van der Waals surface area contributed by atoms with Gasteiger partial charge < -0.3 is 9.80 Å². The van der Waals surface area contributed by atoms with Crippen LogP contribution in [-0.2, 0) is 6.42 Å². The molecule has 25 heavy (non-hydrogen) atoms. The summed E-state index contributed by atoms with van der Waals surface area (Å²) in [4.78, 5) is 25.4. The lowest BCUT2D eigenvalue weighted by atomic mass is 9.96. The summed E-state index contributed by atoms with van der Waals surface area (Å²) in [5.74, 6) is 0.907. The lowest BCUT2D eigenvalue weighted by molar-refractivity contribution is 0.0697. The summed E-state index contributed by atoms with van der Waals surface area (Å²) in [6.45, 7) is 4.98. The number of anilines is 2. The summed E-state index contributed by atoms with van der Waals surface area (Å²) in [5.41, 5.74) is 4.24. The van der Waals surface area contributed by atoms with Crippen LogP contribution in [-0.4, -0.2) is 40.4 Å². The molecule has 0 unspecified atom stereocenters. The van der Waals surface area contributed by atoms with Gasteiger partial charge in [0.1, 0.15) is 6.33 Å². The Morgan fingerprint density at radius 3 is 2.64 bits per heavy atom. The van der Waals surface area contributed by atoms with E-state index in [1.807, 2.05) is 23.4 Å². The second-order valence-electron chi connectivity index (χ2n) is 7.17. The van der Waals surface area contributed by atoms with Gasteiger partial charge in [0.05, 0.1) is 18.1 Å². The molecule has 0 radical (unpaired) electrons. The van der Waals surface area contributed by atoms with E-state index in [9.17, 15) is 4.79 Å². The molecule has 1 amide bonds. The van der Waals surface area contributed by atoms with Gasteiger partial charge in [-0.15, -0.1) is 0 Å². The van der Waals surface area contributed by atoms with Gasteiger partial charge in [-0.25, -0.2) is 9.97 Å². The number of amides is 1. The number of benzene rings is 1. The fraction of sp³-hybridized carbons (Fsp3) is 0.450. The summed E-state index contributed by atoms with van der Waals surface area (Å²) in [5, 5.41) is 0. The Hall–Kier alpha value is -2.43. The Balaban J connectivity index is 1.58. The van der Waals surface area contributed by atoms with Crippen LogP contribution in [0, 0.1) is 5.92 Å². The Kier molecular flexibility index (Phi) is 4.38. The van der Waals surface area contributed by atoms with Gasteiger partial charge >= 0.3 is 0 Å². The van der Waals surface area contributed by atoms with Gasteiger partial charge in [-0.05, 0) is 55.4 Å². The maximum atomic E-state index is 12.8. The lowest BCUT2D eigenvalue weighted by Gasteiger charge is -2.32. The Morgan fingerprint density at radius 2 is 1.88 bits per heavy atom. The van der Waals surface area contributed by atoms with Crippen LogP contribution >= 0.6 is 0 Å². The SMILES string of the molecule is CC1CCN(C(=O)c2ccc3c(c2)CCCN3c2cncnc2)CC1. The zero-order chi connectivity index (χ0) is 17.2. The number of fused-ring (bicyclic) bond motifs is 1. The smallest absolute Gasteiger partial charge is 0.253 e. The van der Waals surface area contributed by atoms with E-state index in [0.717, 1.165) is 62.5 Å². The molecule has 0 saturated carbocycles. The highest BCUT2D eigenvalue weighted by molar-refractivity contribution is 5.95. The Labute approximate surface area is 148 Å². The number of piperidine rings is 1. The molecule has 1 saturated heterocycles. The van der Waals surface area contributed by atoms with E-state index >= 15 is 0 Å². The van der Waals surface area contributed by atoms with E-state index in [2.05, 4.69) is 33.9 Å². The average Bonchev–Trinajstić information content (AvgIpc) is 2.68. The van der Waals surface area contributed by atoms with E-state index in [4.69, 9.17) is 0 Å². The maximum Gasteiger partial charge on any atom is 0.253 e. The van der Waals surface area contributed by atoms with Crippen LogP contribution in [0.25, 0.3) is 0 Å². The predicted molar refractivity (Wildman–Crippen MR) is 98.1 cm³/mol. The van der Waals surface area contributed by atoms with Crippen LogP contribution in [0.15, 0.2) is 36.9 Å². The largest absolute Gasteiger partial charge is 0.339 e. The molecule has 130 valence electrons. The fourth-order valence-electron chi connectivity index (χ4n) is 3.82. The van der Waals surface area contributed by atoms with Crippen LogP contribution < -0.4 is 4.90 Å². The number of hydrogen-bond acceptors (Lipinski definition) is 4. The van der Waals surface area contributed by atoms with Crippen LogP contribution in [0.2, 0.25) is 0 Å². The Bertz CT molecular complexity index is 754. The van der Waals surface area contributed by atoms with Crippen molar-refractivity contribution >= 4 is 17.3 Å². The van der Waals surface area contributed by atoms with E-state index < -0.39 is 0 Å². The van der Waals surface area contributed by atoms with Gasteiger partial charge in [-0.1, -0.05) is 6.92 Å². The quantitative estimate of drug-likeness (QED) is 0.843. The van der Waals surface area contributed by atoms with Crippen LogP contribution in [0.3, 0.4) is 0 Å². The van der Waals surface area contributed by atoms with Gasteiger partial charge in [0.25, 0.3) is 5.91 Å². The number of hydrogen-bond donors (Lipinski definition) is 0. The monoisotopic (exact) mass is 336 g/mol. The minimum absolute atomic E-state index is 0.176. The van der Waals surface area contributed by atoms with Crippen LogP contribution in [0.4, 0.5) is 11.4 Å². The van der Waals surface area contributed by atoms with Crippen molar-refractivity contribution in [2.24, 2.45) is 5.92 Å². The molecular formula is C20H24N4O. The normalized spacial score (nSPS) is 18.1. The van der Waals surface area contributed by atoms with Crippen molar-refractivity contribution in [3.8, 4) is 0 Å². The first-order chi connectivity index (χ1) is 12.2. The standard InChI is InChI=1S/C20H24N4O/c1-15-6-9-23(10-7-15)20(25)17-4-5-19-16(11-17)3-2-8-24(19)18-12-21-14-22-13-18/h4-5,11-15H,2-3,6-10H2,1H3.